The van der Waals surface area contributed by atoms with E-state index in [2.05, 4.69) is 11.9 Å². The molecule has 2 aromatic carbocycles. The van der Waals surface area contributed by atoms with Gasteiger partial charge >= 0.3 is 6.18 Å². The summed E-state index contributed by atoms with van der Waals surface area (Å²) in [5.41, 5.74) is 1.35. The van der Waals surface area contributed by atoms with Gasteiger partial charge in [-0.15, -0.1) is 6.58 Å². The number of anilines is 1. The van der Waals surface area contributed by atoms with E-state index in [-0.39, 0.29) is 11.1 Å². The SMILES string of the molecule is C=CCc1cc(-c2cccc(C(F)(F)F)c2C#N)ccc1NC. The molecule has 0 aliphatic rings. The highest BCUT2D eigenvalue weighted by atomic mass is 19.4. The van der Waals surface area contributed by atoms with E-state index in [0.717, 1.165) is 17.3 Å². The van der Waals surface area contributed by atoms with Gasteiger partial charge in [-0.25, -0.2) is 0 Å². The van der Waals surface area contributed by atoms with Crippen LogP contribution in [0.25, 0.3) is 11.1 Å². The fraction of sp³-hybridized carbons (Fsp3) is 0.167. The molecule has 0 atom stereocenters. The Hall–Kier alpha value is -2.74. The van der Waals surface area contributed by atoms with Gasteiger partial charge in [-0.1, -0.05) is 24.3 Å². The van der Waals surface area contributed by atoms with Crippen molar-refractivity contribution in [3.05, 3.63) is 65.7 Å². The molecule has 0 bridgehead atoms. The van der Waals surface area contributed by atoms with Crippen molar-refractivity contribution < 1.29 is 13.2 Å². The molecular formula is C18H15F3N2. The number of hydrogen-bond donors (Lipinski definition) is 1. The predicted molar refractivity (Wildman–Crippen MR) is 85.0 cm³/mol. The Kier molecular flexibility index (Phi) is 4.75. The van der Waals surface area contributed by atoms with Crippen LogP contribution in [0.5, 0.6) is 0 Å². The van der Waals surface area contributed by atoms with Gasteiger partial charge in [-0.2, -0.15) is 18.4 Å². The van der Waals surface area contributed by atoms with Crippen LogP contribution in [0.1, 0.15) is 16.7 Å². The first-order valence-electron chi connectivity index (χ1n) is 6.94. The Bertz CT molecular complexity index is 771. The summed E-state index contributed by atoms with van der Waals surface area (Å²) in [6.45, 7) is 3.69. The average Bonchev–Trinajstić information content (AvgIpc) is 2.53. The zero-order chi connectivity index (χ0) is 17.0. The molecule has 5 heteroatoms. The van der Waals surface area contributed by atoms with Crippen molar-refractivity contribution in [2.75, 3.05) is 12.4 Å². The summed E-state index contributed by atoms with van der Waals surface area (Å²) in [6.07, 6.45) is -2.27. The number of nitrogens with zero attached hydrogens (tertiary/aromatic N) is 1. The van der Waals surface area contributed by atoms with Crippen molar-refractivity contribution in [2.24, 2.45) is 0 Å². The number of hydrogen-bond acceptors (Lipinski definition) is 2. The highest BCUT2D eigenvalue weighted by Gasteiger charge is 2.34. The standard InChI is InChI=1S/C18H15F3N2/c1-3-5-13-10-12(8-9-17(13)23-2)14-6-4-7-16(15(14)11-22)18(19,20)21/h3-4,6-10,23H,1,5H2,2H3. The molecule has 0 heterocycles. The first-order valence-corrected chi connectivity index (χ1v) is 6.94. The van der Waals surface area contributed by atoms with Crippen LogP contribution in [0.2, 0.25) is 0 Å². The number of halogens is 3. The average molecular weight is 316 g/mol. The Balaban J connectivity index is 2.66. The molecule has 0 aliphatic carbocycles. The van der Waals surface area contributed by atoms with Gasteiger partial charge in [0.25, 0.3) is 0 Å². The van der Waals surface area contributed by atoms with Gasteiger partial charge < -0.3 is 5.32 Å². The van der Waals surface area contributed by atoms with Crippen molar-refractivity contribution in [3.8, 4) is 17.2 Å². The number of nitrogens with one attached hydrogen (secondary N) is 1. The lowest BCUT2D eigenvalue weighted by molar-refractivity contribution is -0.137. The molecular weight excluding hydrogens is 301 g/mol. The smallest absolute Gasteiger partial charge is 0.388 e. The second-order valence-electron chi connectivity index (χ2n) is 4.95. The van der Waals surface area contributed by atoms with Gasteiger partial charge in [-0.05, 0) is 35.7 Å². The molecule has 0 saturated carbocycles. The highest BCUT2D eigenvalue weighted by Crippen LogP contribution is 2.37. The van der Waals surface area contributed by atoms with Crippen molar-refractivity contribution in [1.82, 2.24) is 0 Å². The molecule has 0 spiro atoms. The molecule has 2 nitrogen and oxygen atoms in total. The van der Waals surface area contributed by atoms with Gasteiger partial charge in [0.15, 0.2) is 0 Å². The fourth-order valence-electron chi connectivity index (χ4n) is 2.48. The van der Waals surface area contributed by atoms with E-state index in [1.807, 2.05) is 0 Å². The van der Waals surface area contributed by atoms with Crippen molar-refractivity contribution in [3.63, 3.8) is 0 Å². The number of allylic oxidation sites excluding steroid dienone is 1. The van der Waals surface area contributed by atoms with Crippen LogP contribution in [0.3, 0.4) is 0 Å². The maximum absolute atomic E-state index is 13.1. The van der Waals surface area contributed by atoms with Crippen molar-refractivity contribution in [1.29, 1.82) is 5.26 Å². The number of alkyl halides is 3. The summed E-state index contributed by atoms with van der Waals surface area (Å²) < 4.78 is 39.2. The third kappa shape index (κ3) is 3.37. The summed E-state index contributed by atoms with van der Waals surface area (Å²) in [4.78, 5) is 0. The van der Waals surface area contributed by atoms with Gasteiger partial charge in [0.05, 0.1) is 11.1 Å². The topological polar surface area (TPSA) is 35.8 Å². The molecule has 0 aliphatic heterocycles. The van der Waals surface area contributed by atoms with Gasteiger partial charge in [0.1, 0.15) is 6.07 Å². The molecule has 0 fully saturated rings. The molecule has 1 N–H and O–H groups in total. The second-order valence-corrected chi connectivity index (χ2v) is 4.95. The molecule has 0 aromatic heterocycles. The van der Waals surface area contributed by atoms with Crippen LogP contribution in [-0.4, -0.2) is 7.05 Å². The van der Waals surface area contributed by atoms with E-state index in [1.54, 1.807) is 37.4 Å². The summed E-state index contributed by atoms with van der Waals surface area (Å²) in [5, 5.41) is 12.2. The normalized spacial score (nSPS) is 10.9. The zero-order valence-corrected chi connectivity index (χ0v) is 12.5. The van der Waals surface area contributed by atoms with Crippen LogP contribution in [-0.2, 0) is 12.6 Å². The molecule has 0 radical (unpaired) electrons. The van der Waals surface area contributed by atoms with E-state index in [9.17, 15) is 18.4 Å². The van der Waals surface area contributed by atoms with Gasteiger partial charge in [0, 0.05) is 18.3 Å². The third-order valence-corrected chi connectivity index (χ3v) is 3.53. The van der Waals surface area contributed by atoms with Gasteiger partial charge in [-0.3, -0.25) is 0 Å². The lowest BCUT2D eigenvalue weighted by Crippen LogP contribution is -2.08. The molecule has 0 amide bonds. The molecule has 0 saturated heterocycles. The minimum absolute atomic E-state index is 0.273. The summed E-state index contributed by atoms with van der Waals surface area (Å²) >= 11 is 0. The number of rotatable bonds is 4. The van der Waals surface area contributed by atoms with Crippen molar-refractivity contribution >= 4 is 5.69 Å². The third-order valence-electron chi connectivity index (χ3n) is 3.53. The van der Waals surface area contributed by atoms with Crippen LogP contribution in [0.15, 0.2) is 49.1 Å². The van der Waals surface area contributed by atoms with Crippen LogP contribution >= 0.6 is 0 Å². The summed E-state index contributed by atoms with van der Waals surface area (Å²) in [5.74, 6) is 0. The Labute approximate surface area is 132 Å². The lowest BCUT2D eigenvalue weighted by atomic mass is 9.93. The van der Waals surface area contributed by atoms with Crippen LogP contribution in [0, 0.1) is 11.3 Å². The molecule has 2 rings (SSSR count). The molecule has 2 aromatic rings. The van der Waals surface area contributed by atoms with E-state index >= 15 is 0 Å². The van der Waals surface area contributed by atoms with E-state index in [4.69, 9.17) is 0 Å². The first kappa shape index (κ1) is 16.6. The summed E-state index contributed by atoms with van der Waals surface area (Å²) in [7, 11) is 1.77. The number of nitriles is 1. The quantitative estimate of drug-likeness (QED) is 0.804. The molecule has 23 heavy (non-hydrogen) atoms. The molecule has 0 unspecified atom stereocenters. The van der Waals surface area contributed by atoms with Crippen molar-refractivity contribution in [2.45, 2.75) is 12.6 Å². The second kappa shape index (κ2) is 6.57. The highest BCUT2D eigenvalue weighted by molar-refractivity contribution is 5.75. The maximum atomic E-state index is 13.1. The van der Waals surface area contributed by atoms with Gasteiger partial charge in [0.2, 0.25) is 0 Å². The Morgan fingerprint density at radius 1 is 1.26 bits per heavy atom. The Morgan fingerprint density at radius 3 is 2.57 bits per heavy atom. The minimum Gasteiger partial charge on any atom is -0.388 e. The largest absolute Gasteiger partial charge is 0.417 e. The Morgan fingerprint density at radius 2 is 2.00 bits per heavy atom. The first-order chi connectivity index (χ1) is 10.9. The van der Waals surface area contributed by atoms with Crippen LogP contribution in [0.4, 0.5) is 18.9 Å². The van der Waals surface area contributed by atoms with E-state index in [1.165, 1.54) is 12.1 Å². The van der Waals surface area contributed by atoms with E-state index in [0.29, 0.717) is 12.0 Å². The summed E-state index contributed by atoms with van der Waals surface area (Å²) in [6, 6.07) is 10.7. The number of benzene rings is 2. The lowest BCUT2D eigenvalue weighted by Gasteiger charge is -2.14. The van der Waals surface area contributed by atoms with Crippen LogP contribution < -0.4 is 5.32 Å². The minimum atomic E-state index is -4.56. The fourth-order valence-corrected chi connectivity index (χ4v) is 2.48. The predicted octanol–water partition coefficient (Wildman–Crippen LogP) is 5.01. The van der Waals surface area contributed by atoms with E-state index < -0.39 is 11.7 Å². The monoisotopic (exact) mass is 316 g/mol. The molecule has 118 valence electrons. The maximum Gasteiger partial charge on any atom is 0.417 e. The zero-order valence-electron chi connectivity index (χ0n) is 12.5.